The van der Waals surface area contributed by atoms with E-state index in [2.05, 4.69) is 5.32 Å². The number of carbonyl (C=O) groups is 5. The van der Waals surface area contributed by atoms with Crippen molar-refractivity contribution in [2.75, 3.05) is 13.1 Å². The quantitative estimate of drug-likeness (QED) is 0.408. The van der Waals surface area contributed by atoms with Gasteiger partial charge in [-0.1, -0.05) is 6.42 Å². The lowest BCUT2D eigenvalue weighted by Crippen LogP contribution is -2.30. The van der Waals surface area contributed by atoms with Crippen molar-refractivity contribution < 1.29 is 29.1 Å². The molecule has 126 valence electrons. The maximum atomic E-state index is 11.6. The molecule has 1 heterocycles. The Morgan fingerprint density at radius 1 is 0.957 bits per heavy atom. The molecule has 0 bridgehead atoms. The number of carboxylic acids is 1. The number of Topliss-reactive ketones (excluding diaryl/α,β-unsaturated/α-hetero) is 1. The van der Waals surface area contributed by atoms with Gasteiger partial charge in [0, 0.05) is 38.0 Å². The van der Waals surface area contributed by atoms with E-state index in [1.54, 1.807) is 0 Å². The molecule has 0 radical (unpaired) electrons. The van der Waals surface area contributed by atoms with Crippen LogP contribution in [0, 0.1) is 0 Å². The molecule has 0 aromatic carbocycles. The van der Waals surface area contributed by atoms with Crippen molar-refractivity contribution in [3.8, 4) is 0 Å². The Kier molecular flexibility index (Phi) is 7.65. The number of carboxylic acid groups (broad SMARTS) is 1. The van der Waals surface area contributed by atoms with E-state index in [1.807, 2.05) is 0 Å². The summed E-state index contributed by atoms with van der Waals surface area (Å²) >= 11 is 0. The molecule has 0 aromatic heterocycles. The number of carbonyl (C=O) groups excluding carboxylic acids is 4. The zero-order valence-electron chi connectivity index (χ0n) is 12.7. The monoisotopic (exact) mass is 324 g/mol. The fourth-order valence-electron chi connectivity index (χ4n) is 2.06. The SMILES string of the molecule is O=C(O)CNC(=O)CCC(=O)CCCCCN1C(=O)C=CC1=O. The van der Waals surface area contributed by atoms with Gasteiger partial charge in [0.05, 0.1) is 0 Å². The van der Waals surface area contributed by atoms with E-state index >= 15 is 0 Å². The highest BCUT2D eigenvalue weighted by atomic mass is 16.4. The van der Waals surface area contributed by atoms with Crippen molar-refractivity contribution in [2.45, 2.75) is 38.5 Å². The van der Waals surface area contributed by atoms with Gasteiger partial charge < -0.3 is 10.4 Å². The van der Waals surface area contributed by atoms with Crippen LogP contribution in [-0.2, 0) is 24.0 Å². The highest BCUT2D eigenvalue weighted by Gasteiger charge is 2.22. The first-order chi connectivity index (χ1) is 10.9. The number of nitrogens with zero attached hydrogens (tertiary/aromatic N) is 1. The zero-order chi connectivity index (χ0) is 17.2. The van der Waals surface area contributed by atoms with Gasteiger partial charge >= 0.3 is 5.97 Å². The Hall–Kier alpha value is -2.51. The number of rotatable bonds is 11. The predicted molar refractivity (Wildman–Crippen MR) is 79.2 cm³/mol. The molecule has 0 spiro atoms. The smallest absolute Gasteiger partial charge is 0.322 e. The maximum absolute atomic E-state index is 11.6. The van der Waals surface area contributed by atoms with Gasteiger partial charge in [-0.25, -0.2) is 0 Å². The minimum Gasteiger partial charge on any atom is -0.480 e. The standard InChI is InChI=1S/C15H20N2O6/c18-11(5-6-12(19)16-10-15(22)23)4-2-1-3-9-17-13(20)7-8-14(17)21/h7-8H,1-6,9-10H2,(H,16,19)(H,22,23). The van der Waals surface area contributed by atoms with E-state index in [1.165, 1.54) is 12.2 Å². The Balaban J connectivity index is 2.04. The first-order valence-electron chi connectivity index (χ1n) is 7.44. The van der Waals surface area contributed by atoms with Crippen LogP contribution in [-0.4, -0.2) is 52.6 Å². The summed E-state index contributed by atoms with van der Waals surface area (Å²) < 4.78 is 0. The molecule has 0 saturated carbocycles. The fraction of sp³-hybridized carbons (Fsp3) is 0.533. The molecule has 0 aliphatic carbocycles. The molecule has 0 unspecified atom stereocenters. The molecule has 3 amide bonds. The first kappa shape index (κ1) is 18.5. The normalized spacial score (nSPS) is 13.5. The molecule has 1 rings (SSSR count). The molecule has 1 aliphatic heterocycles. The van der Waals surface area contributed by atoms with E-state index in [4.69, 9.17) is 5.11 Å². The van der Waals surface area contributed by atoms with Crippen molar-refractivity contribution in [2.24, 2.45) is 0 Å². The summed E-state index contributed by atoms with van der Waals surface area (Å²) in [5.41, 5.74) is 0. The topological polar surface area (TPSA) is 121 Å². The third kappa shape index (κ3) is 7.35. The first-order valence-corrected chi connectivity index (χ1v) is 7.44. The van der Waals surface area contributed by atoms with Crippen molar-refractivity contribution >= 4 is 29.5 Å². The largest absolute Gasteiger partial charge is 0.480 e. The number of amides is 3. The second-order valence-electron chi connectivity index (χ2n) is 5.18. The molecule has 0 fully saturated rings. The van der Waals surface area contributed by atoms with Crippen LogP contribution in [0.3, 0.4) is 0 Å². The summed E-state index contributed by atoms with van der Waals surface area (Å²) in [5.74, 6) is -2.27. The lowest BCUT2D eigenvalue weighted by atomic mass is 10.1. The highest BCUT2D eigenvalue weighted by Crippen LogP contribution is 2.08. The van der Waals surface area contributed by atoms with Gasteiger partial charge in [-0.15, -0.1) is 0 Å². The molecule has 1 aliphatic rings. The predicted octanol–water partition coefficient (Wildman–Crippen LogP) is 0.0219. The van der Waals surface area contributed by atoms with E-state index in [0.29, 0.717) is 32.2 Å². The minimum absolute atomic E-state index is 0.0193. The Morgan fingerprint density at radius 3 is 2.22 bits per heavy atom. The number of hydrogen-bond donors (Lipinski definition) is 2. The molecule has 0 aromatic rings. The number of unbranched alkanes of at least 4 members (excludes halogenated alkanes) is 2. The summed E-state index contributed by atoms with van der Waals surface area (Å²) in [6, 6.07) is 0. The molecular formula is C15H20N2O6. The molecule has 8 nitrogen and oxygen atoms in total. The zero-order valence-corrected chi connectivity index (χ0v) is 12.7. The van der Waals surface area contributed by atoms with Crippen LogP contribution in [0.1, 0.15) is 38.5 Å². The molecule has 0 atom stereocenters. The molecule has 8 heteroatoms. The van der Waals surface area contributed by atoms with Gasteiger partial charge in [-0.05, 0) is 12.8 Å². The summed E-state index contributed by atoms with van der Waals surface area (Å²) in [6.07, 6.45) is 4.82. The third-order valence-electron chi connectivity index (χ3n) is 3.31. The summed E-state index contributed by atoms with van der Waals surface area (Å²) in [7, 11) is 0. The number of ketones is 1. The van der Waals surface area contributed by atoms with Crippen molar-refractivity contribution in [1.29, 1.82) is 0 Å². The maximum Gasteiger partial charge on any atom is 0.322 e. The lowest BCUT2D eigenvalue weighted by Gasteiger charge is -2.12. The van der Waals surface area contributed by atoms with Gasteiger partial charge in [0.25, 0.3) is 11.8 Å². The van der Waals surface area contributed by atoms with Crippen LogP contribution in [0.15, 0.2) is 12.2 Å². The fourth-order valence-corrected chi connectivity index (χ4v) is 2.06. The summed E-state index contributed by atoms with van der Waals surface area (Å²) in [4.78, 5) is 56.8. The van der Waals surface area contributed by atoms with Crippen LogP contribution in [0.5, 0.6) is 0 Å². The summed E-state index contributed by atoms with van der Waals surface area (Å²) in [6.45, 7) is -0.105. The van der Waals surface area contributed by atoms with Crippen LogP contribution in [0.2, 0.25) is 0 Å². The highest BCUT2D eigenvalue weighted by molar-refractivity contribution is 6.12. The van der Waals surface area contributed by atoms with Crippen LogP contribution < -0.4 is 5.32 Å². The second-order valence-corrected chi connectivity index (χ2v) is 5.18. The summed E-state index contributed by atoms with van der Waals surface area (Å²) in [5, 5.41) is 10.6. The average molecular weight is 324 g/mol. The van der Waals surface area contributed by atoms with E-state index in [-0.39, 0.29) is 30.4 Å². The number of aliphatic carboxylic acids is 1. The number of hydrogen-bond acceptors (Lipinski definition) is 5. The van der Waals surface area contributed by atoms with E-state index < -0.39 is 18.4 Å². The average Bonchev–Trinajstić information content (AvgIpc) is 2.82. The molecular weight excluding hydrogens is 304 g/mol. The van der Waals surface area contributed by atoms with Crippen LogP contribution in [0.25, 0.3) is 0 Å². The minimum atomic E-state index is -1.13. The van der Waals surface area contributed by atoms with Crippen molar-refractivity contribution in [1.82, 2.24) is 10.2 Å². The van der Waals surface area contributed by atoms with Crippen LogP contribution in [0.4, 0.5) is 0 Å². The van der Waals surface area contributed by atoms with Crippen LogP contribution >= 0.6 is 0 Å². The number of nitrogens with one attached hydrogen (secondary N) is 1. The van der Waals surface area contributed by atoms with E-state index in [0.717, 1.165) is 4.90 Å². The lowest BCUT2D eigenvalue weighted by molar-refractivity contribution is -0.138. The third-order valence-corrected chi connectivity index (χ3v) is 3.31. The van der Waals surface area contributed by atoms with Crippen molar-refractivity contribution in [3.05, 3.63) is 12.2 Å². The van der Waals surface area contributed by atoms with Gasteiger partial charge in [-0.2, -0.15) is 0 Å². The van der Waals surface area contributed by atoms with Gasteiger partial charge in [0.2, 0.25) is 5.91 Å². The Bertz CT molecular complexity index is 508. The Morgan fingerprint density at radius 2 is 1.61 bits per heavy atom. The Labute approximate surface area is 133 Å². The second kappa shape index (κ2) is 9.50. The number of imide groups is 1. The van der Waals surface area contributed by atoms with Gasteiger partial charge in [0.15, 0.2) is 0 Å². The van der Waals surface area contributed by atoms with Gasteiger partial charge in [0.1, 0.15) is 12.3 Å². The van der Waals surface area contributed by atoms with Gasteiger partial charge in [-0.3, -0.25) is 28.9 Å². The molecule has 2 N–H and O–H groups in total. The van der Waals surface area contributed by atoms with E-state index in [9.17, 15) is 24.0 Å². The molecule has 0 saturated heterocycles. The molecule has 23 heavy (non-hydrogen) atoms. The van der Waals surface area contributed by atoms with Crippen molar-refractivity contribution in [3.63, 3.8) is 0 Å².